The molecule has 3 atom stereocenters. The number of likely N-dealkylation sites (tertiary alicyclic amines) is 1. The molecule has 0 aliphatic carbocycles. The molecule has 6 nitrogen and oxygen atoms in total. The third-order valence-corrected chi connectivity index (χ3v) is 4.07. The van der Waals surface area contributed by atoms with E-state index >= 15 is 0 Å². The highest BCUT2D eigenvalue weighted by Gasteiger charge is 2.39. The SMILES string of the molecule is CC[C@H]1CCC(C#N)N1C(=O)C(CC(C)C)NC(=O)OC(C)(C)C. The van der Waals surface area contributed by atoms with Crippen molar-refractivity contribution in [3.8, 4) is 6.07 Å². The largest absolute Gasteiger partial charge is 0.444 e. The van der Waals surface area contributed by atoms with E-state index < -0.39 is 23.8 Å². The van der Waals surface area contributed by atoms with Crippen LogP contribution in [0.15, 0.2) is 0 Å². The molecule has 1 saturated heterocycles. The Bertz CT molecular complexity index is 491. The number of hydrogen-bond donors (Lipinski definition) is 1. The lowest BCUT2D eigenvalue weighted by atomic mass is 10.0. The highest BCUT2D eigenvalue weighted by molar-refractivity contribution is 5.86. The van der Waals surface area contributed by atoms with E-state index in [9.17, 15) is 14.9 Å². The van der Waals surface area contributed by atoms with Gasteiger partial charge in [0.1, 0.15) is 17.7 Å². The highest BCUT2D eigenvalue weighted by Crippen LogP contribution is 2.27. The summed E-state index contributed by atoms with van der Waals surface area (Å²) in [5, 5.41) is 12.1. The van der Waals surface area contributed by atoms with Crippen molar-refractivity contribution < 1.29 is 14.3 Å². The fraction of sp³-hybridized carbons (Fsp3) is 0.833. The molecule has 1 fully saturated rings. The lowest BCUT2D eigenvalue weighted by Gasteiger charge is -2.32. The van der Waals surface area contributed by atoms with Crippen LogP contribution in [0.2, 0.25) is 0 Å². The van der Waals surface area contributed by atoms with Crippen molar-refractivity contribution in [2.24, 2.45) is 5.92 Å². The minimum absolute atomic E-state index is 0.0669. The second-order valence-electron chi connectivity index (χ2n) is 7.86. The normalized spacial score (nSPS) is 22.2. The van der Waals surface area contributed by atoms with Gasteiger partial charge in [-0.05, 0) is 52.4 Å². The minimum Gasteiger partial charge on any atom is -0.444 e. The van der Waals surface area contributed by atoms with Crippen LogP contribution in [-0.2, 0) is 9.53 Å². The first-order valence-electron chi connectivity index (χ1n) is 8.80. The van der Waals surface area contributed by atoms with Gasteiger partial charge in [0.15, 0.2) is 0 Å². The maximum atomic E-state index is 13.0. The van der Waals surface area contributed by atoms with Crippen LogP contribution in [0.25, 0.3) is 0 Å². The number of hydrogen-bond acceptors (Lipinski definition) is 4. The fourth-order valence-electron chi connectivity index (χ4n) is 3.07. The summed E-state index contributed by atoms with van der Waals surface area (Å²) in [6, 6.07) is 1.22. The van der Waals surface area contributed by atoms with E-state index in [2.05, 4.69) is 11.4 Å². The molecule has 0 aromatic carbocycles. The van der Waals surface area contributed by atoms with Gasteiger partial charge in [0.25, 0.3) is 0 Å². The van der Waals surface area contributed by atoms with Gasteiger partial charge in [-0.3, -0.25) is 4.79 Å². The Balaban J connectivity index is 2.92. The molecule has 1 aliphatic rings. The van der Waals surface area contributed by atoms with Crippen molar-refractivity contribution in [1.29, 1.82) is 5.26 Å². The fourth-order valence-corrected chi connectivity index (χ4v) is 3.07. The first kappa shape index (κ1) is 20.3. The van der Waals surface area contributed by atoms with Crippen LogP contribution < -0.4 is 5.32 Å². The van der Waals surface area contributed by atoms with E-state index in [-0.39, 0.29) is 17.9 Å². The summed E-state index contributed by atoms with van der Waals surface area (Å²) in [5.41, 5.74) is -0.621. The maximum Gasteiger partial charge on any atom is 0.408 e. The lowest BCUT2D eigenvalue weighted by molar-refractivity contribution is -0.136. The summed E-state index contributed by atoms with van der Waals surface area (Å²) in [6.45, 7) is 11.4. The molecule has 136 valence electrons. The van der Waals surface area contributed by atoms with Gasteiger partial charge in [-0.1, -0.05) is 20.8 Å². The topological polar surface area (TPSA) is 82.4 Å². The van der Waals surface area contributed by atoms with Crippen LogP contribution >= 0.6 is 0 Å². The summed E-state index contributed by atoms with van der Waals surface area (Å²) in [5.74, 6) is 0.0579. The van der Waals surface area contributed by atoms with Crippen LogP contribution in [0.1, 0.15) is 67.2 Å². The van der Waals surface area contributed by atoms with E-state index in [4.69, 9.17) is 4.74 Å². The predicted octanol–water partition coefficient (Wildman–Crippen LogP) is 3.22. The second kappa shape index (κ2) is 8.36. The number of amides is 2. The zero-order valence-electron chi connectivity index (χ0n) is 15.8. The number of carbonyl (C=O) groups excluding carboxylic acids is 2. The Hall–Kier alpha value is -1.77. The Morgan fingerprint density at radius 3 is 2.42 bits per heavy atom. The molecule has 0 bridgehead atoms. The maximum absolute atomic E-state index is 13.0. The molecule has 0 spiro atoms. The molecule has 1 heterocycles. The van der Waals surface area contributed by atoms with Crippen molar-refractivity contribution >= 4 is 12.0 Å². The second-order valence-corrected chi connectivity index (χ2v) is 7.86. The van der Waals surface area contributed by atoms with E-state index in [0.717, 1.165) is 12.8 Å². The molecule has 1 rings (SSSR count). The van der Waals surface area contributed by atoms with Gasteiger partial charge < -0.3 is 15.0 Å². The molecule has 0 aromatic rings. The highest BCUT2D eigenvalue weighted by atomic mass is 16.6. The number of rotatable bonds is 5. The number of nitrogens with zero attached hydrogens (tertiary/aromatic N) is 2. The number of ether oxygens (including phenoxy) is 1. The Labute approximate surface area is 145 Å². The molecule has 2 unspecified atom stereocenters. The van der Waals surface area contributed by atoms with Crippen LogP contribution in [0.5, 0.6) is 0 Å². The molecule has 0 saturated carbocycles. The molecule has 1 N–H and O–H groups in total. The quantitative estimate of drug-likeness (QED) is 0.835. The van der Waals surface area contributed by atoms with E-state index in [1.165, 1.54) is 0 Å². The minimum atomic E-state index is -0.664. The zero-order chi connectivity index (χ0) is 18.5. The predicted molar refractivity (Wildman–Crippen MR) is 92.2 cm³/mol. The van der Waals surface area contributed by atoms with E-state index in [0.29, 0.717) is 12.8 Å². The molecule has 2 amide bonds. The smallest absolute Gasteiger partial charge is 0.408 e. The van der Waals surface area contributed by atoms with E-state index in [1.54, 1.807) is 25.7 Å². The zero-order valence-corrected chi connectivity index (χ0v) is 15.8. The number of nitriles is 1. The summed E-state index contributed by atoms with van der Waals surface area (Å²) < 4.78 is 5.28. The van der Waals surface area contributed by atoms with Crippen molar-refractivity contribution in [2.45, 2.75) is 91.0 Å². The molecular weight excluding hydrogens is 306 g/mol. The number of carbonyl (C=O) groups is 2. The first-order valence-corrected chi connectivity index (χ1v) is 8.80. The summed E-state index contributed by atoms with van der Waals surface area (Å²) in [6.07, 6.45) is 2.26. The van der Waals surface area contributed by atoms with Crippen molar-refractivity contribution in [2.75, 3.05) is 0 Å². The molecule has 1 aliphatic heterocycles. The molecule has 6 heteroatoms. The van der Waals surface area contributed by atoms with Gasteiger partial charge in [-0.25, -0.2) is 4.79 Å². The Morgan fingerprint density at radius 1 is 1.33 bits per heavy atom. The molecule has 0 aromatic heterocycles. The lowest BCUT2D eigenvalue weighted by Crippen LogP contribution is -2.53. The van der Waals surface area contributed by atoms with Crippen molar-refractivity contribution in [3.63, 3.8) is 0 Å². The van der Waals surface area contributed by atoms with E-state index in [1.807, 2.05) is 20.8 Å². The first-order chi connectivity index (χ1) is 11.1. The summed E-state index contributed by atoms with van der Waals surface area (Å²) in [4.78, 5) is 26.8. The third-order valence-electron chi connectivity index (χ3n) is 4.07. The Morgan fingerprint density at radius 2 is 1.96 bits per heavy atom. The Kier molecular flexibility index (Phi) is 7.07. The van der Waals surface area contributed by atoms with Gasteiger partial charge in [0, 0.05) is 6.04 Å². The average Bonchev–Trinajstić information content (AvgIpc) is 2.86. The van der Waals surface area contributed by atoms with Crippen LogP contribution in [0.4, 0.5) is 4.79 Å². The van der Waals surface area contributed by atoms with Gasteiger partial charge >= 0.3 is 6.09 Å². The monoisotopic (exact) mass is 337 g/mol. The van der Waals surface area contributed by atoms with Crippen molar-refractivity contribution in [1.82, 2.24) is 10.2 Å². The van der Waals surface area contributed by atoms with Gasteiger partial charge in [-0.15, -0.1) is 0 Å². The number of nitrogens with one attached hydrogen (secondary N) is 1. The average molecular weight is 337 g/mol. The standard InChI is InChI=1S/C18H31N3O3/c1-7-13-8-9-14(11-19)21(13)16(22)15(10-12(2)3)20-17(23)24-18(4,5)6/h12-15H,7-10H2,1-6H3,(H,20,23)/t13-,14?,15?/m0/s1. The van der Waals surface area contributed by atoms with Crippen LogP contribution in [0.3, 0.4) is 0 Å². The van der Waals surface area contributed by atoms with Gasteiger partial charge in [-0.2, -0.15) is 5.26 Å². The summed E-state index contributed by atoms with van der Waals surface area (Å²) in [7, 11) is 0. The van der Waals surface area contributed by atoms with Crippen molar-refractivity contribution in [3.05, 3.63) is 0 Å². The molecular formula is C18H31N3O3. The third kappa shape index (κ3) is 5.70. The van der Waals surface area contributed by atoms with Gasteiger partial charge in [0.05, 0.1) is 6.07 Å². The number of alkyl carbamates (subject to hydrolysis) is 1. The van der Waals surface area contributed by atoms with Crippen LogP contribution in [-0.4, -0.2) is 40.6 Å². The van der Waals surface area contributed by atoms with Crippen LogP contribution in [0, 0.1) is 17.2 Å². The summed E-state index contributed by atoms with van der Waals surface area (Å²) >= 11 is 0. The molecule has 24 heavy (non-hydrogen) atoms. The van der Waals surface area contributed by atoms with Gasteiger partial charge in [0.2, 0.25) is 5.91 Å². The molecule has 0 radical (unpaired) electrons.